The lowest BCUT2D eigenvalue weighted by molar-refractivity contribution is -0.384. The molecular weight excluding hydrogens is 388 g/mol. The summed E-state index contributed by atoms with van der Waals surface area (Å²) in [7, 11) is 0. The summed E-state index contributed by atoms with van der Waals surface area (Å²) in [6.07, 6.45) is 1.71. The number of hydrogen-bond acceptors (Lipinski definition) is 4. The number of nitro groups is 1. The smallest absolute Gasteiger partial charge is 0.270 e. The molecule has 0 saturated heterocycles. The average molecular weight is 403 g/mol. The first-order valence-corrected chi connectivity index (χ1v) is 8.91. The molecule has 6 nitrogen and oxygen atoms in total. The molecule has 25 heavy (non-hydrogen) atoms. The minimum Gasteiger partial charge on any atom is -0.308 e. The fourth-order valence-corrected chi connectivity index (χ4v) is 2.98. The molecule has 0 atom stereocenters. The van der Waals surface area contributed by atoms with Gasteiger partial charge in [0, 0.05) is 23.7 Å². The van der Waals surface area contributed by atoms with Crippen molar-refractivity contribution in [2.75, 3.05) is 10.2 Å². The summed E-state index contributed by atoms with van der Waals surface area (Å²) in [5.74, 6) is -0.509. The second-order valence-corrected chi connectivity index (χ2v) is 6.34. The third-order valence-corrected chi connectivity index (χ3v) is 4.51. The second-order valence-electron chi connectivity index (χ2n) is 5.78. The number of halogens is 1. The number of alkyl halides is 1. The van der Waals surface area contributed by atoms with Crippen LogP contribution in [-0.4, -0.2) is 28.0 Å². The number of ketones is 1. The van der Waals surface area contributed by atoms with Crippen LogP contribution in [0, 0.1) is 10.1 Å². The molecular formula is C18H15BrN2O4. The molecule has 1 aliphatic rings. The summed E-state index contributed by atoms with van der Waals surface area (Å²) in [6, 6.07) is 12.7. The standard InChI is InChI=1S/C18H15BrN2O4/c19-11-17(22)20(13-6-7-13)16-9-8-14(21(24)25)10-15(16)18(23)12-4-2-1-3-5-12/h1-5,8-10,13H,6-7,11H2. The van der Waals surface area contributed by atoms with Gasteiger partial charge in [-0.05, 0) is 18.9 Å². The van der Waals surface area contributed by atoms with Crippen molar-refractivity contribution in [1.29, 1.82) is 0 Å². The van der Waals surface area contributed by atoms with E-state index in [1.165, 1.54) is 18.2 Å². The summed E-state index contributed by atoms with van der Waals surface area (Å²) < 4.78 is 0. The Kier molecular flexibility index (Phi) is 4.94. The Morgan fingerprint density at radius 1 is 1.16 bits per heavy atom. The van der Waals surface area contributed by atoms with Crippen molar-refractivity contribution in [1.82, 2.24) is 0 Å². The topological polar surface area (TPSA) is 80.5 Å². The Morgan fingerprint density at radius 3 is 2.40 bits per heavy atom. The lowest BCUT2D eigenvalue weighted by Gasteiger charge is -2.24. The van der Waals surface area contributed by atoms with Gasteiger partial charge < -0.3 is 4.90 Å². The van der Waals surface area contributed by atoms with E-state index in [-0.39, 0.29) is 34.3 Å². The number of benzene rings is 2. The fraction of sp³-hybridized carbons (Fsp3) is 0.222. The van der Waals surface area contributed by atoms with E-state index in [1.807, 2.05) is 0 Å². The van der Waals surface area contributed by atoms with Gasteiger partial charge in [0.15, 0.2) is 5.78 Å². The van der Waals surface area contributed by atoms with Gasteiger partial charge in [-0.25, -0.2) is 0 Å². The molecule has 3 rings (SSSR count). The van der Waals surface area contributed by atoms with Crippen LogP contribution < -0.4 is 4.90 Å². The molecule has 0 heterocycles. The Hall–Kier alpha value is -2.54. The van der Waals surface area contributed by atoms with Gasteiger partial charge in [0.25, 0.3) is 5.69 Å². The summed E-state index contributed by atoms with van der Waals surface area (Å²) in [4.78, 5) is 37.5. The highest BCUT2D eigenvalue weighted by atomic mass is 79.9. The second kappa shape index (κ2) is 7.14. The van der Waals surface area contributed by atoms with Crippen LogP contribution in [0.1, 0.15) is 28.8 Å². The quantitative estimate of drug-likeness (QED) is 0.319. The SMILES string of the molecule is O=C(c1ccccc1)c1cc([N+](=O)[O-])ccc1N(C(=O)CBr)C1CC1. The Morgan fingerprint density at radius 2 is 1.84 bits per heavy atom. The first-order chi connectivity index (χ1) is 12.0. The number of amides is 1. The number of non-ortho nitro benzene ring substituents is 1. The molecule has 0 radical (unpaired) electrons. The Labute approximate surface area is 152 Å². The summed E-state index contributed by atoms with van der Waals surface area (Å²) in [5, 5.41) is 11.3. The highest BCUT2D eigenvalue weighted by molar-refractivity contribution is 9.09. The van der Waals surface area contributed by atoms with Crippen molar-refractivity contribution in [3.8, 4) is 0 Å². The van der Waals surface area contributed by atoms with Crippen molar-refractivity contribution in [3.63, 3.8) is 0 Å². The largest absolute Gasteiger partial charge is 0.308 e. The number of carbonyl (C=O) groups excluding carboxylic acids is 2. The van der Waals surface area contributed by atoms with Crippen molar-refractivity contribution in [2.24, 2.45) is 0 Å². The van der Waals surface area contributed by atoms with E-state index in [0.29, 0.717) is 11.3 Å². The predicted molar refractivity (Wildman–Crippen MR) is 97.3 cm³/mol. The number of nitrogens with zero attached hydrogens (tertiary/aromatic N) is 2. The maximum Gasteiger partial charge on any atom is 0.270 e. The Balaban J connectivity index is 2.13. The summed E-state index contributed by atoms with van der Waals surface area (Å²) >= 11 is 3.17. The number of carbonyl (C=O) groups is 2. The molecule has 1 aliphatic carbocycles. The van der Waals surface area contributed by atoms with E-state index in [9.17, 15) is 19.7 Å². The molecule has 0 aromatic heterocycles. The maximum atomic E-state index is 12.9. The molecule has 2 aromatic carbocycles. The molecule has 0 aliphatic heterocycles. The number of rotatable bonds is 6. The van der Waals surface area contributed by atoms with E-state index >= 15 is 0 Å². The van der Waals surface area contributed by atoms with Crippen LogP contribution in [0.3, 0.4) is 0 Å². The molecule has 0 unspecified atom stereocenters. The van der Waals surface area contributed by atoms with E-state index in [0.717, 1.165) is 12.8 Å². The summed E-state index contributed by atoms with van der Waals surface area (Å²) in [5.41, 5.74) is 0.837. The normalized spacial score (nSPS) is 13.3. The van der Waals surface area contributed by atoms with Gasteiger partial charge in [0.05, 0.1) is 21.5 Å². The van der Waals surface area contributed by atoms with Gasteiger partial charge in [-0.3, -0.25) is 19.7 Å². The summed E-state index contributed by atoms with van der Waals surface area (Å²) in [6.45, 7) is 0. The van der Waals surface area contributed by atoms with Gasteiger partial charge in [0.2, 0.25) is 5.91 Å². The van der Waals surface area contributed by atoms with Crippen molar-refractivity contribution in [2.45, 2.75) is 18.9 Å². The molecule has 0 N–H and O–H groups in total. The van der Waals surface area contributed by atoms with E-state index in [4.69, 9.17) is 0 Å². The van der Waals surface area contributed by atoms with E-state index in [2.05, 4.69) is 15.9 Å². The average Bonchev–Trinajstić information content (AvgIpc) is 3.47. The zero-order valence-electron chi connectivity index (χ0n) is 13.2. The number of hydrogen-bond donors (Lipinski definition) is 0. The molecule has 1 saturated carbocycles. The molecule has 1 amide bonds. The Bertz CT molecular complexity index is 834. The van der Waals surface area contributed by atoms with Crippen LogP contribution in [0.2, 0.25) is 0 Å². The molecule has 2 aromatic rings. The van der Waals surface area contributed by atoms with Crippen LogP contribution in [0.25, 0.3) is 0 Å². The monoisotopic (exact) mass is 402 g/mol. The van der Waals surface area contributed by atoms with Crippen molar-refractivity contribution in [3.05, 3.63) is 69.8 Å². The number of anilines is 1. The lowest BCUT2D eigenvalue weighted by Crippen LogP contribution is -2.35. The maximum absolute atomic E-state index is 12.9. The highest BCUT2D eigenvalue weighted by Crippen LogP contribution is 2.36. The first kappa shape index (κ1) is 17.3. The van der Waals surface area contributed by atoms with E-state index < -0.39 is 4.92 Å². The third kappa shape index (κ3) is 3.61. The lowest BCUT2D eigenvalue weighted by atomic mass is 10.00. The first-order valence-electron chi connectivity index (χ1n) is 7.79. The van der Waals surface area contributed by atoms with Crippen LogP contribution in [0.15, 0.2) is 48.5 Å². The predicted octanol–water partition coefficient (Wildman–Crippen LogP) is 3.72. The van der Waals surface area contributed by atoms with Crippen LogP contribution in [0.5, 0.6) is 0 Å². The zero-order valence-corrected chi connectivity index (χ0v) is 14.8. The van der Waals surface area contributed by atoms with E-state index in [1.54, 1.807) is 35.2 Å². The van der Waals surface area contributed by atoms with Crippen LogP contribution >= 0.6 is 15.9 Å². The number of nitro benzene ring substituents is 1. The van der Waals surface area contributed by atoms with Gasteiger partial charge in [-0.2, -0.15) is 0 Å². The van der Waals surface area contributed by atoms with Crippen molar-refractivity contribution < 1.29 is 14.5 Å². The fourth-order valence-electron chi connectivity index (χ4n) is 2.71. The van der Waals surface area contributed by atoms with Gasteiger partial charge >= 0.3 is 0 Å². The molecule has 128 valence electrons. The van der Waals surface area contributed by atoms with Crippen molar-refractivity contribution >= 4 is 39.0 Å². The van der Waals surface area contributed by atoms with Gasteiger partial charge in [-0.15, -0.1) is 0 Å². The van der Waals surface area contributed by atoms with Crippen LogP contribution in [0.4, 0.5) is 11.4 Å². The molecule has 0 spiro atoms. The van der Waals surface area contributed by atoms with Crippen LogP contribution in [-0.2, 0) is 4.79 Å². The highest BCUT2D eigenvalue weighted by Gasteiger charge is 2.35. The zero-order chi connectivity index (χ0) is 18.0. The molecule has 7 heteroatoms. The molecule has 0 bridgehead atoms. The minimum atomic E-state index is -0.542. The minimum absolute atomic E-state index is 0.0360. The van der Waals surface area contributed by atoms with Gasteiger partial charge in [-0.1, -0.05) is 46.3 Å². The van der Waals surface area contributed by atoms with Gasteiger partial charge in [0.1, 0.15) is 0 Å². The molecule has 1 fully saturated rings. The third-order valence-electron chi connectivity index (χ3n) is 4.03.